The molecule has 0 fully saturated rings. The van der Waals surface area contributed by atoms with Crippen LogP contribution < -0.4 is 38.2 Å². The second-order valence-electron chi connectivity index (χ2n) is 6.12. The van der Waals surface area contributed by atoms with Crippen LogP contribution in [0.4, 0.5) is 5.69 Å². The van der Waals surface area contributed by atoms with Gasteiger partial charge in [-0.05, 0) is 56.3 Å². The molecule has 0 radical (unpaired) electrons. The van der Waals surface area contributed by atoms with E-state index >= 15 is 0 Å². The van der Waals surface area contributed by atoms with Gasteiger partial charge in [-0.2, -0.15) is 4.57 Å². The lowest BCUT2D eigenvalue weighted by molar-refractivity contribution is -0.665. The zero-order valence-electron chi connectivity index (χ0n) is 15.5. The fourth-order valence-corrected chi connectivity index (χ4v) is 4.71. The van der Waals surface area contributed by atoms with Gasteiger partial charge in [0, 0.05) is 28.7 Å². The van der Waals surface area contributed by atoms with E-state index in [0.29, 0.717) is 5.02 Å². The number of rotatable bonds is 4. The van der Waals surface area contributed by atoms with E-state index in [-0.39, 0.29) is 38.8 Å². The molecule has 0 unspecified atom stereocenters. The van der Waals surface area contributed by atoms with Crippen molar-refractivity contribution in [3.63, 3.8) is 0 Å². The Hall–Kier alpha value is -1.28. The number of nitrogens with zero attached hydrogens (tertiary/aromatic N) is 2. The van der Waals surface area contributed by atoms with Crippen molar-refractivity contribution < 1.29 is 33.3 Å². The van der Waals surface area contributed by atoms with Crippen LogP contribution in [0, 0.1) is 0 Å². The average Bonchev–Trinajstić information content (AvgIpc) is 3.18. The summed E-state index contributed by atoms with van der Waals surface area (Å²) < 4.78 is 9.48. The highest BCUT2D eigenvalue weighted by Gasteiger charge is 2.24. The number of anilines is 1. The summed E-state index contributed by atoms with van der Waals surface area (Å²) in [5, 5.41) is 2.64. The van der Waals surface area contributed by atoms with Crippen molar-refractivity contribution in [2.45, 2.75) is 35.2 Å². The highest BCUT2D eigenvalue weighted by Crippen LogP contribution is 2.40. The quantitative estimate of drug-likeness (QED) is 0.334. The second-order valence-corrected chi connectivity index (χ2v) is 8.05. The lowest BCUT2D eigenvalue weighted by Gasteiger charge is -2.15. The number of halogens is 3. The van der Waals surface area contributed by atoms with E-state index < -0.39 is 0 Å². The first-order valence-corrected chi connectivity index (χ1v) is 10.4. The molecular formula is C23H27Cl2IN2OS. The van der Waals surface area contributed by atoms with Crippen LogP contribution in [0.2, 0.25) is 10.0 Å². The molecule has 0 atom stereocenters. The number of hydrogen-bond acceptors (Lipinski definition) is 3. The van der Waals surface area contributed by atoms with E-state index in [4.69, 9.17) is 27.9 Å². The number of aromatic nitrogens is 1. The van der Waals surface area contributed by atoms with Crippen molar-refractivity contribution in [2.24, 2.45) is 0 Å². The maximum absolute atomic E-state index is 6.17. The Morgan fingerprint density at radius 2 is 1.77 bits per heavy atom. The summed E-state index contributed by atoms with van der Waals surface area (Å²) in [5.74, 6) is 1.64. The molecule has 0 saturated heterocycles. The van der Waals surface area contributed by atoms with Crippen molar-refractivity contribution >= 4 is 56.5 Å². The average molecular weight is 577 g/mol. The van der Waals surface area contributed by atoms with Crippen LogP contribution >= 0.6 is 34.5 Å². The van der Waals surface area contributed by atoms with Crippen LogP contribution in [0.3, 0.4) is 0 Å². The molecule has 0 saturated carbocycles. The summed E-state index contributed by atoms with van der Waals surface area (Å²) in [4.78, 5) is 2.12. The Morgan fingerprint density at radius 1 is 1.07 bits per heavy atom. The third-order valence-corrected chi connectivity index (χ3v) is 6.10. The molecule has 0 bridgehead atoms. The van der Waals surface area contributed by atoms with Gasteiger partial charge < -0.3 is 33.6 Å². The highest BCUT2D eigenvalue weighted by atomic mass is 127. The van der Waals surface area contributed by atoms with E-state index in [9.17, 15) is 0 Å². The van der Waals surface area contributed by atoms with Gasteiger partial charge in [-0.15, -0.1) is 0 Å². The molecule has 162 valence electrons. The van der Waals surface area contributed by atoms with Crippen LogP contribution in [0.15, 0.2) is 54.4 Å². The van der Waals surface area contributed by atoms with Gasteiger partial charge in [0.15, 0.2) is 5.75 Å². The van der Waals surface area contributed by atoms with Gasteiger partial charge >= 0.3 is 0 Å². The zero-order chi connectivity index (χ0) is 19.0. The maximum Gasteiger partial charge on any atom is 0.262 e. The molecule has 0 N–H and O–H groups in total. The van der Waals surface area contributed by atoms with Crippen LogP contribution in [-0.2, 0) is 6.54 Å². The fourth-order valence-electron chi connectivity index (χ4n) is 3.26. The third-order valence-electron chi connectivity index (χ3n) is 4.49. The molecule has 1 aliphatic heterocycles. The minimum Gasteiger partial charge on any atom is -1.00 e. The number of ether oxygens (including phenoxy) is 1. The van der Waals surface area contributed by atoms with E-state index in [1.54, 1.807) is 11.3 Å². The Bertz CT molecular complexity index is 1080. The lowest BCUT2D eigenvalue weighted by Crippen LogP contribution is -3.00. The van der Waals surface area contributed by atoms with Gasteiger partial charge in [-0.1, -0.05) is 49.4 Å². The molecule has 1 aliphatic rings. The first-order chi connectivity index (χ1) is 13.1. The maximum atomic E-state index is 6.17. The number of fused-ring (bicyclic) bond motifs is 2. The summed E-state index contributed by atoms with van der Waals surface area (Å²) in [7, 11) is 0. The third kappa shape index (κ3) is 5.13. The van der Waals surface area contributed by atoms with Crippen molar-refractivity contribution in [1.29, 1.82) is 0 Å². The van der Waals surface area contributed by atoms with Crippen molar-refractivity contribution in [3.8, 4) is 5.75 Å². The topological polar surface area (TPSA) is 16.4 Å². The molecule has 7 heteroatoms. The predicted octanol–water partition coefficient (Wildman–Crippen LogP) is 4.57. The second kappa shape index (κ2) is 11.4. The smallest absolute Gasteiger partial charge is 0.262 e. The standard InChI is InChI=1S/C21H19Cl2N2OS.2CH4.HI/c1-3-24-16-12-14(22)8-10-18(16)26-20(24)6-5-7-21-25(4-2)17-13-15(23)9-11-19(17)27-21;;;/h5-13H,3-4H2,1-2H3;2*1H4;1H/q+1;;;/p-1. The molecule has 30 heavy (non-hydrogen) atoms. The first-order valence-electron chi connectivity index (χ1n) is 8.86. The zero-order valence-corrected chi connectivity index (χ0v) is 19.9. The number of benzene rings is 2. The predicted molar refractivity (Wildman–Crippen MR) is 128 cm³/mol. The van der Waals surface area contributed by atoms with Gasteiger partial charge in [0.1, 0.15) is 11.2 Å². The van der Waals surface area contributed by atoms with Gasteiger partial charge in [0.25, 0.3) is 5.01 Å². The van der Waals surface area contributed by atoms with Gasteiger partial charge in [0.2, 0.25) is 11.4 Å². The molecule has 4 rings (SSSR count). The SMILES string of the molecule is C.C.CCN1C(=CC=Cc2sc3ccc(Cl)cc3[n+]2CC)Oc2ccc(Cl)cc21.[I-]. The number of hydrogen-bond donors (Lipinski definition) is 0. The Balaban J connectivity index is 0.00000150. The van der Waals surface area contributed by atoms with E-state index in [1.807, 2.05) is 42.5 Å². The molecule has 2 aromatic carbocycles. The molecule has 0 amide bonds. The Labute approximate surface area is 210 Å². The highest BCUT2D eigenvalue weighted by molar-refractivity contribution is 7.18. The van der Waals surface area contributed by atoms with Crippen LogP contribution in [0.25, 0.3) is 16.3 Å². The van der Waals surface area contributed by atoms with E-state index in [0.717, 1.165) is 40.9 Å². The van der Waals surface area contributed by atoms with Gasteiger partial charge in [-0.3, -0.25) is 0 Å². The molecule has 0 spiro atoms. The largest absolute Gasteiger partial charge is 1.00 e. The van der Waals surface area contributed by atoms with Crippen molar-refractivity contribution in [3.05, 3.63) is 69.5 Å². The first kappa shape index (κ1) is 26.8. The molecule has 1 aromatic heterocycles. The molecule has 0 aliphatic carbocycles. The van der Waals surface area contributed by atoms with Crippen LogP contribution in [0.5, 0.6) is 5.75 Å². The van der Waals surface area contributed by atoms with Crippen LogP contribution in [-0.4, -0.2) is 6.54 Å². The van der Waals surface area contributed by atoms with Gasteiger partial charge in [0.05, 0.1) is 5.69 Å². The fraction of sp³-hybridized carbons (Fsp3) is 0.261. The minimum absolute atomic E-state index is 0. The minimum atomic E-state index is 0. The van der Waals surface area contributed by atoms with Crippen molar-refractivity contribution in [1.82, 2.24) is 0 Å². The van der Waals surface area contributed by atoms with Crippen molar-refractivity contribution in [2.75, 3.05) is 11.4 Å². The summed E-state index contributed by atoms with van der Waals surface area (Å²) in [5.41, 5.74) is 2.17. The van der Waals surface area contributed by atoms with Crippen LogP contribution in [0.1, 0.15) is 33.7 Å². The van der Waals surface area contributed by atoms with Gasteiger partial charge in [-0.25, -0.2) is 0 Å². The Morgan fingerprint density at radius 3 is 2.47 bits per heavy atom. The summed E-state index contributed by atoms with van der Waals surface area (Å²) >= 11 is 14.1. The molecule has 3 aromatic rings. The molecular weight excluding hydrogens is 550 g/mol. The normalized spacial score (nSPS) is 13.6. The van der Waals surface area contributed by atoms with E-state index in [2.05, 4.69) is 35.5 Å². The Kier molecular flexibility index (Phi) is 10.1. The number of thiazole rings is 1. The molecule has 2 heterocycles. The molecule has 3 nitrogen and oxygen atoms in total. The van der Waals surface area contributed by atoms with E-state index in [1.165, 1.54) is 9.71 Å². The summed E-state index contributed by atoms with van der Waals surface area (Å²) in [6.07, 6.45) is 6.14. The number of allylic oxidation sites excluding steroid dienone is 2. The lowest BCUT2D eigenvalue weighted by atomic mass is 10.3. The summed E-state index contributed by atoms with van der Waals surface area (Å²) in [6.45, 7) is 5.93. The number of aryl methyl sites for hydroxylation is 1. The summed E-state index contributed by atoms with van der Waals surface area (Å²) in [6, 6.07) is 11.7. The monoisotopic (exact) mass is 576 g/mol.